The zero-order valence-corrected chi connectivity index (χ0v) is 10.5. The molecule has 1 N–H and O–H groups in total. The quantitative estimate of drug-likeness (QED) is 0.694. The Bertz CT molecular complexity index is 864. The highest BCUT2D eigenvalue weighted by atomic mass is 35.5. The Morgan fingerprint density at radius 1 is 1.00 bits per heavy atom. The molecule has 0 saturated carbocycles. The summed E-state index contributed by atoms with van der Waals surface area (Å²) in [7, 11) is -4.22. The molecule has 92 valence electrons. The summed E-state index contributed by atoms with van der Waals surface area (Å²) in [6, 6.07) is 9.28. The van der Waals surface area contributed by atoms with Crippen LogP contribution in [0.5, 0.6) is 0 Å². The van der Waals surface area contributed by atoms with E-state index in [0.717, 1.165) is 5.39 Å². The Balaban J connectivity index is 2.43. The number of hydrogen-bond acceptors (Lipinski definition) is 3. The van der Waals surface area contributed by atoms with E-state index >= 15 is 0 Å². The van der Waals surface area contributed by atoms with Gasteiger partial charge in [0.05, 0.1) is 4.90 Å². The molecular formula is C12H7ClO4S. The van der Waals surface area contributed by atoms with Crippen molar-refractivity contribution >= 4 is 43.7 Å². The Kier molecular flexibility index (Phi) is 2.38. The summed E-state index contributed by atoms with van der Waals surface area (Å²) in [4.78, 5) is -0.160. The molecule has 0 unspecified atom stereocenters. The van der Waals surface area contributed by atoms with Crippen molar-refractivity contribution in [2.24, 2.45) is 0 Å². The number of halogens is 1. The second kappa shape index (κ2) is 3.71. The molecule has 0 aliphatic heterocycles. The molecule has 0 atom stereocenters. The van der Waals surface area contributed by atoms with E-state index in [2.05, 4.69) is 0 Å². The molecular weight excluding hydrogens is 276 g/mol. The van der Waals surface area contributed by atoms with E-state index in [1.54, 1.807) is 18.2 Å². The molecule has 0 bridgehead atoms. The van der Waals surface area contributed by atoms with Gasteiger partial charge >= 0.3 is 0 Å². The second-order valence-electron chi connectivity index (χ2n) is 3.88. The predicted molar refractivity (Wildman–Crippen MR) is 68.5 cm³/mol. The van der Waals surface area contributed by atoms with Gasteiger partial charge in [0.2, 0.25) is 0 Å². The largest absolute Gasteiger partial charge is 0.456 e. The Hall–Kier alpha value is -1.56. The van der Waals surface area contributed by atoms with Crippen LogP contribution in [0.15, 0.2) is 45.7 Å². The average molecular weight is 283 g/mol. The summed E-state index contributed by atoms with van der Waals surface area (Å²) in [5.74, 6) is 0. The molecule has 3 aromatic rings. The first-order valence-electron chi connectivity index (χ1n) is 5.04. The van der Waals surface area contributed by atoms with Crippen LogP contribution in [0.4, 0.5) is 0 Å². The highest BCUT2D eigenvalue weighted by molar-refractivity contribution is 7.85. The van der Waals surface area contributed by atoms with Crippen LogP contribution in [0, 0.1) is 0 Å². The van der Waals surface area contributed by atoms with Crippen molar-refractivity contribution in [2.45, 2.75) is 4.90 Å². The van der Waals surface area contributed by atoms with Crippen LogP contribution in [0.25, 0.3) is 21.9 Å². The molecule has 0 saturated heterocycles. The number of benzene rings is 2. The maximum Gasteiger partial charge on any atom is 0.294 e. The van der Waals surface area contributed by atoms with E-state index in [0.29, 0.717) is 21.6 Å². The van der Waals surface area contributed by atoms with Crippen molar-refractivity contribution in [2.75, 3.05) is 0 Å². The lowest BCUT2D eigenvalue weighted by Crippen LogP contribution is -1.96. The molecule has 1 aromatic heterocycles. The molecule has 2 aromatic carbocycles. The minimum absolute atomic E-state index is 0.160. The van der Waals surface area contributed by atoms with Crippen LogP contribution in [-0.2, 0) is 10.1 Å². The SMILES string of the molecule is O=S(=O)(O)c1ccc2oc3cc(Cl)ccc3c2c1. The fraction of sp³-hybridized carbons (Fsp3) is 0. The molecule has 0 radical (unpaired) electrons. The summed E-state index contributed by atoms with van der Waals surface area (Å²) >= 11 is 5.85. The van der Waals surface area contributed by atoms with Crippen LogP contribution in [-0.4, -0.2) is 13.0 Å². The van der Waals surface area contributed by atoms with Gasteiger partial charge in [0.1, 0.15) is 11.2 Å². The Labute approximate surface area is 108 Å². The summed E-state index contributed by atoms with van der Waals surface area (Å²) in [6.45, 7) is 0. The van der Waals surface area contributed by atoms with Crippen LogP contribution in [0.2, 0.25) is 5.02 Å². The van der Waals surface area contributed by atoms with E-state index in [1.807, 2.05) is 0 Å². The van der Waals surface area contributed by atoms with Crippen molar-refractivity contribution in [1.82, 2.24) is 0 Å². The number of furan rings is 1. The standard InChI is InChI=1S/C12H7ClO4S/c13-7-1-3-9-10-6-8(18(14,15)16)2-4-11(10)17-12(9)5-7/h1-6H,(H,14,15,16). The molecule has 0 spiro atoms. The van der Waals surface area contributed by atoms with E-state index in [1.165, 1.54) is 18.2 Å². The van der Waals surface area contributed by atoms with E-state index in [4.69, 9.17) is 20.6 Å². The van der Waals surface area contributed by atoms with Gasteiger partial charge in [-0.25, -0.2) is 0 Å². The van der Waals surface area contributed by atoms with Crippen molar-refractivity contribution in [3.05, 3.63) is 41.4 Å². The van der Waals surface area contributed by atoms with Gasteiger partial charge in [-0.2, -0.15) is 8.42 Å². The normalized spacial score (nSPS) is 12.3. The lowest BCUT2D eigenvalue weighted by Gasteiger charge is -1.96. The van der Waals surface area contributed by atoms with Gasteiger partial charge in [0, 0.05) is 21.9 Å². The monoisotopic (exact) mass is 282 g/mol. The maximum atomic E-state index is 11.1. The zero-order chi connectivity index (χ0) is 12.9. The maximum absolute atomic E-state index is 11.1. The Morgan fingerprint density at radius 2 is 1.78 bits per heavy atom. The van der Waals surface area contributed by atoms with Gasteiger partial charge in [-0.05, 0) is 30.3 Å². The fourth-order valence-corrected chi connectivity index (χ4v) is 2.56. The Morgan fingerprint density at radius 3 is 2.50 bits per heavy atom. The first-order chi connectivity index (χ1) is 8.45. The summed E-state index contributed by atoms with van der Waals surface area (Å²) in [5, 5.41) is 1.91. The first kappa shape index (κ1) is 11.5. The molecule has 1 heterocycles. The number of fused-ring (bicyclic) bond motifs is 3. The van der Waals surface area contributed by atoms with Crippen LogP contribution < -0.4 is 0 Å². The van der Waals surface area contributed by atoms with E-state index in [-0.39, 0.29) is 4.90 Å². The van der Waals surface area contributed by atoms with Crippen molar-refractivity contribution < 1.29 is 17.4 Å². The van der Waals surface area contributed by atoms with E-state index < -0.39 is 10.1 Å². The number of rotatable bonds is 1. The van der Waals surface area contributed by atoms with Crippen LogP contribution in [0.1, 0.15) is 0 Å². The third-order valence-corrected chi connectivity index (χ3v) is 3.79. The van der Waals surface area contributed by atoms with Gasteiger partial charge < -0.3 is 4.42 Å². The minimum atomic E-state index is -4.22. The zero-order valence-electron chi connectivity index (χ0n) is 8.92. The molecule has 4 nitrogen and oxygen atoms in total. The highest BCUT2D eigenvalue weighted by Gasteiger charge is 2.13. The second-order valence-corrected chi connectivity index (χ2v) is 5.73. The van der Waals surface area contributed by atoms with Crippen molar-refractivity contribution in [3.63, 3.8) is 0 Å². The third kappa shape index (κ3) is 1.77. The molecule has 0 amide bonds. The van der Waals surface area contributed by atoms with E-state index in [9.17, 15) is 8.42 Å². The summed E-state index contributed by atoms with van der Waals surface area (Å²) < 4.78 is 36.7. The number of hydrogen-bond donors (Lipinski definition) is 1. The first-order valence-corrected chi connectivity index (χ1v) is 6.86. The van der Waals surface area contributed by atoms with Crippen molar-refractivity contribution in [3.8, 4) is 0 Å². The smallest absolute Gasteiger partial charge is 0.294 e. The fourth-order valence-electron chi connectivity index (χ4n) is 1.89. The molecule has 6 heteroatoms. The summed E-state index contributed by atoms with van der Waals surface area (Å²) in [6.07, 6.45) is 0. The molecule has 3 rings (SSSR count). The van der Waals surface area contributed by atoms with Gasteiger partial charge in [-0.1, -0.05) is 11.6 Å². The van der Waals surface area contributed by atoms with Gasteiger partial charge in [0.25, 0.3) is 10.1 Å². The van der Waals surface area contributed by atoms with Crippen molar-refractivity contribution in [1.29, 1.82) is 0 Å². The van der Waals surface area contributed by atoms with Crippen LogP contribution in [0.3, 0.4) is 0 Å². The average Bonchev–Trinajstić information content (AvgIpc) is 2.63. The third-order valence-electron chi connectivity index (χ3n) is 2.70. The summed E-state index contributed by atoms with van der Waals surface area (Å²) in [5.41, 5.74) is 1.12. The van der Waals surface area contributed by atoms with Crippen LogP contribution >= 0.6 is 11.6 Å². The lowest BCUT2D eigenvalue weighted by atomic mass is 10.1. The molecule has 0 fully saturated rings. The van der Waals surface area contributed by atoms with Gasteiger partial charge in [-0.3, -0.25) is 4.55 Å². The molecule has 0 aliphatic rings. The van der Waals surface area contributed by atoms with Gasteiger partial charge in [0.15, 0.2) is 0 Å². The molecule has 18 heavy (non-hydrogen) atoms. The van der Waals surface area contributed by atoms with Gasteiger partial charge in [-0.15, -0.1) is 0 Å². The minimum Gasteiger partial charge on any atom is -0.456 e. The predicted octanol–water partition coefficient (Wildman–Crippen LogP) is 3.49. The lowest BCUT2D eigenvalue weighted by molar-refractivity contribution is 0.483. The molecule has 0 aliphatic carbocycles. The highest BCUT2D eigenvalue weighted by Crippen LogP contribution is 2.31. The topological polar surface area (TPSA) is 67.5 Å².